The largest absolute Gasteiger partial charge is 0.312 e. The Morgan fingerprint density at radius 3 is 2.43 bits per heavy atom. The minimum absolute atomic E-state index is 0.169. The number of piperidine rings is 2. The number of benzene rings is 1. The molecule has 5 nitrogen and oxygen atoms in total. The van der Waals surface area contributed by atoms with Crippen LogP contribution in [0.3, 0.4) is 0 Å². The summed E-state index contributed by atoms with van der Waals surface area (Å²) in [5.41, 5.74) is 4.04. The molecular weight excluding hydrogens is 392 g/mol. The van der Waals surface area contributed by atoms with Crippen LogP contribution in [-0.2, 0) is 20.9 Å². The second-order valence-corrected chi connectivity index (χ2v) is 11.0. The van der Waals surface area contributed by atoms with E-state index in [-0.39, 0.29) is 22.0 Å². The van der Waals surface area contributed by atoms with Crippen molar-refractivity contribution in [3.05, 3.63) is 40.9 Å². The molecule has 0 radical (unpaired) electrons. The standard InChI is InChI=1S/C24H34N4OS/c1-19-17-30(25-19)18-26-12-7-21(8-13-26)27-14-9-24(10-15-27)11-16-28(20(2)29)23-6-4-3-5-22(23)24/h3-6,17,21H,7-16,18H2,1-2H3. The molecule has 30 heavy (non-hydrogen) atoms. The lowest BCUT2D eigenvalue weighted by Gasteiger charge is -2.50. The quantitative estimate of drug-likeness (QED) is 0.736. The Labute approximate surface area is 183 Å². The maximum atomic E-state index is 12.1. The van der Waals surface area contributed by atoms with Crippen molar-refractivity contribution in [2.24, 2.45) is 4.36 Å². The number of anilines is 1. The van der Waals surface area contributed by atoms with Crippen LogP contribution in [0.25, 0.3) is 0 Å². The van der Waals surface area contributed by atoms with Crippen LogP contribution in [0.5, 0.6) is 0 Å². The smallest absolute Gasteiger partial charge is 0.223 e. The molecule has 162 valence electrons. The SMILES string of the molecule is CC(=O)N1CCC2(CCN(C3CCN(CS4=NC(C)=C4)CC3)CC2)c2ccccc21. The van der Waals surface area contributed by atoms with Crippen LogP contribution in [0.4, 0.5) is 5.69 Å². The Kier molecular flexibility index (Phi) is 5.58. The monoisotopic (exact) mass is 426 g/mol. The molecule has 2 saturated heterocycles. The van der Waals surface area contributed by atoms with Crippen molar-refractivity contribution in [1.29, 1.82) is 0 Å². The first-order chi connectivity index (χ1) is 14.5. The molecule has 4 aliphatic rings. The summed E-state index contributed by atoms with van der Waals surface area (Å²) in [6.45, 7) is 9.48. The molecule has 4 heterocycles. The van der Waals surface area contributed by atoms with Crippen LogP contribution < -0.4 is 4.90 Å². The van der Waals surface area contributed by atoms with E-state index < -0.39 is 0 Å². The topological polar surface area (TPSA) is 39.2 Å². The summed E-state index contributed by atoms with van der Waals surface area (Å²) in [7, 11) is 0.172. The number of hydrogen-bond acceptors (Lipinski definition) is 4. The summed E-state index contributed by atoms with van der Waals surface area (Å²) in [5.74, 6) is 1.30. The zero-order valence-electron chi connectivity index (χ0n) is 18.3. The lowest BCUT2D eigenvalue weighted by Crippen LogP contribution is -2.53. The van der Waals surface area contributed by atoms with E-state index >= 15 is 0 Å². The van der Waals surface area contributed by atoms with Gasteiger partial charge in [0.05, 0.1) is 11.6 Å². The third kappa shape index (κ3) is 3.78. The summed E-state index contributed by atoms with van der Waals surface area (Å²) >= 11 is 0. The van der Waals surface area contributed by atoms with Crippen molar-refractivity contribution in [3.8, 4) is 0 Å². The van der Waals surface area contributed by atoms with Gasteiger partial charge in [-0.15, -0.1) is 0 Å². The maximum absolute atomic E-state index is 12.1. The average molecular weight is 427 g/mol. The van der Waals surface area contributed by atoms with Gasteiger partial charge in [0.2, 0.25) is 5.91 Å². The van der Waals surface area contributed by atoms with Crippen molar-refractivity contribution < 1.29 is 4.79 Å². The molecule has 1 spiro atoms. The van der Waals surface area contributed by atoms with Crippen LogP contribution in [0, 0.1) is 0 Å². The number of fused-ring (bicyclic) bond motifs is 2. The van der Waals surface area contributed by atoms with Gasteiger partial charge in [-0.2, -0.15) is 0 Å². The van der Waals surface area contributed by atoms with Gasteiger partial charge < -0.3 is 9.80 Å². The molecule has 1 unspecified atom stereocenters. The van der Waals surface area contributed by atoms with Crippen molar-refractivity contribution in [1.82, 2.24) is 9.80 Å². The Morgan fingerprint density at radius 1 is 1.10 bits per heavy atom. The third-order valence-corrected chi connectivity index (χ3v) is 9.44. The lowest BCUT2D eigenvalue weighted by molar-refractivity contribution is -0.116. The van der Waals surface area contributed by atoms with Crippen LogP contribution >= 0.6 is 0 Å². The molecule has 6 heteroatoms. The lowest BCUT2D eigenvalue weighted by atomic mass is 9.67. The average Bonchev–Trinajstić information content (AvgIpc) is 2.74. The van der Waals surface area contributed by atoms with Crippen LogP contribution in [0.1, 0.15) is 51.5 Å². The number of carbonyl (C=O) groups is 1. The highest BCUT2D eigenvalue weighted by molar-refractivity contribution is 7.91. The minimum Gasteiger partial charge on any atom is -0.312 e. The molecule has 5 rings (SSSR count). The van der Waals surface area contributed by atoms with E-state index in [9.17, 15) is 4.79 Å². The molecule has 0 aromatic heterocycles. The summed E-state index contributed by atoms with van der Waals surface area (Å²) in [6, 6.07) is 9.39. The van der Waals surface area contributed by atoms with Gasteiger partial charge in [-0.25, -0.2) is 4.36 Å². The Balaban J connectivity index is 1.19. The number of hydrogen-bond donors (Lipinski definition) is 0. The van der Waals surface area contributed by atoms with E-state index in [1.807, 2.05) is 4.90 Å². The molecule has 0 N–H and O–H groups in total. The molecular formula is C24H34N4OS. The zero-order valence-corrected chi connectivity index (χ0v) is 19.2. The molecule has 1 atom stereocenters. The van der Waals surface area contributed by atoms with Crippen molar-refractivity contribution >= 4 is 22.3 Å². The molecule has 1 amide bonds. The van der Waals surface area contributed by atoms with E-state index in [1.54, 1.807) is 6.92 Å². The maximum Gasteiger partial charge on any atom is 0.223 e. The van der Waals surface area contributed by atoms with E-state index in [0.29, 0.717) is 0 Å². The highest BCUT2D eigenvalue weighted by Crippen LogP contribution is 2.47. The van der Waals surface area contributed by atoms with E-state index in [1.165, 1.54) is 63.1 Å². The zero-order chi connectivity index (χ0) is 20.7. The van der Waals surface area contributed by atoms with Crippen LogP contribution in [0.2, 0.25) is 0 Å². The van der Waals surface area contributed by atoms with Crippen molar-refractivity contribution in [2.45, 2.75) is 57.4 Å². The Morgan fingerprint density at radius 2 is 1.77 bits per heavy atom. The van der Waals surface area contributed by atoms with Crippen LogP contribution in [-0.4, -0.2) is 60.3 Å². The van der Waals surface area contributed by atoms with Crippen molar-refractivity contribution in [3.63, 3.8) is 0 Å². The number of likely N-dealkylation sites (tertiary alicyclic amines) is 2. The van der Waals surface area contributed by atoms with Gasteiger partial charge in [0.25, 0.3) is 0 Å². The molecule has 0 saturated carbocycles. The molecule has 1 aromatic rings. The fourth-order valence-corrected chi connectivity index (χ4v) is 7.47. The Hall–Kier alpha value is -1.50. The van der Waals surface area contributed by atoms with E-state index in [2.05, 4.69) is 50.8 Å². The predicted octanol–water partition coefficient (Wildman–Crippen LogP) is 3.88. The minimum atomic E-state index is 0.169. The first-order valence-electron chi connectivity index (χ1n) is 11.5. The normalized spacial score (nSPS) is 27.2. The van der Waals surface area contributed by atoms with Gasteiger partial charge in [-0.3, -0.25) is 9.69 Å². The highest BCUT2D eigenvalue weighted by atomic mass is 32.2. The van der Waals surface area contributed by atoms with Crippen molar-refractivity contribution in [2.75, 3.05) is 43.5 Å². The number of carbonyl (C=O) groups excluding carboxylic acids is 1. The fraction of sp³-hybridized carbons (Fsp3) is 0.625. The van der Waals surface area contributed by atoms with Gasteiger partial charge >= 0.3 is 0 Å². The second-order valence-electron chi connectivity index (χ2n) is 9.48. The predicted molar refractivity (Wildman–Crippen MR) is 125 cm³/mol. The molecule has 0 aliphatic carbocycles. The van der Waals surface area contributed by atoms with Crippen LogP contribution in [0.15, 0.2) is 39.7 Å². The summed E-state index contributed by atoms with van der Waals surface area (Å²) in [4.78, 5) is 19.5. The summed E-state index contributed by atoms with van der Waals surface area (Å²) < 4.78 is 4.62. The number of allylic oxidation sites excluding steroid dienone is 1. The highest BCUT2D eigenvalue weighted by Gasteiger charge is 2.43. The summed E-state index contributed by atoms with van der Waals surface area (Å²) in [5, 5.41) is 2.32. The van der Waals surface area contributed by atoms with E-state index in [0.717, 1.165) is 30.6 Å². The second kappa shape index (κ2) is 8.21. The first-order valence-corrected chi connectivity index (χ1v) is 12.9. The first kappa shape index (κ1) is 20.4. The summed E-state index contributed by atoms with van der Waals surface area (Å²) in [6.07, 6.45) is 6.14. The van der Waals surface area contributed by atoms with Gasteiger partial charge in [0.15, 0.2) is 0 Å². The number of nitrogens with zero attached hydrogens (tertiary/aromatic N) is 4. The molecule has 1 aromatic carbocycles. The molecule has 4 aliphatic heterocycles. The molecule has 2 fully saturated rings. The third-order valence-electron chi connectivity index (χ3n) is 7.67. The van der Waals surface area contributed by atoms with Gasteiger partial charge in [-0.1, -0.05) is 28.9 Å². The molecule has 0 bridgehead atoms. The number of para-hydroxylation sites is 1. The van der Waals surface area contributed by atoms with E-state index in [4.69, 9.17) is 0 Å². The number of amides is 1. The number of rotatable bonds is 3. The Bertz CT molecular complexity index is 879. The fourth-order valence-electron chi connectivity index (χ4n) is 5.95. The van der Waals surface area contributed by atoms with Gasteiger partial charge in [0.1, 0.15) is 0 Å². The van der Waals surface area contributed by atoms with Gasteiger partial charge in [0, 0.05) is 49.1 Å². The van der Waals surface area contributed by atoms with Gasteiger partial charge in [-0.05, 0) is 63.7 Å².